The molecule has 0 bridgehead atoms. The van der Waals surface area contributed by atoms with Crippen molar-refractivity contribution in [3.63, 3.8) is 0 Å². The first-order chi connectivity index (χ1) is 11.3. The molecule has 0 aliphatic carbocycles. The molecule has 2 aromatic carbocycles. The molecule has 0 N–H and O–H groups in total. The highest BCUT2D eigenvalue weighted by molar-refractivity contribution is 6.07. The minimum Gasteiger partial charge on any atom is -0.456 e. The van der Waals surface area contributed by atoms with Crippen molar-refractivity contribution in [3.05, 3.63) is 52.9 Å². The molecule has 2 heterocycles. The van der Waals surface area contributed by atoms with Crippen LogP contribution < -0.4 is 4.90 Å². The molecule has 1 aromatic heterocycles. The number of carbonyl (C=O) groups excluding carboxylic acids is 1. The molecule has 0 radical (unpaired) electrons. The number of carbonyl (C=O) groups is 1. The molecular weight excluding hydrogens is 292 g/mol. The van der Waals surface area contributed by atoms with Crippen molar-refractivity contribution in [2.24, 2.45) is 11.0 Å². The molecule has 1 aliphatic heterocycles. The molecule has 6 nitrogen and oxygen atoms in total. The van der Waals surface area contributed by atoms with Crippen molar-refractivity contribution in [2.45, 2.75) is 6.42 Å². The molecule has 3 aromatic rings. The molecule has 0 saturated carbocycles. The maximum absolute atomic E-state index is 12.3. The van der Waals surface area contributed by atoms with Crippen molar-refractivity contribution in [1.29, 1.82) is 0 Å². The van der Waals surface area contributed by atoms with E-state index in [9.17, 15) is 4.79 Å². The summed E-state index contributed by atoms with van der Waals surface area (Å²) in [5.74, 6) is 0.144. The number of hydrogen-bond donors (Lipinski definition) is 0. The lowest BCUT2D eigenvalue weighted by Gasteiger charge is -2.16. The van der Waals surface area contributed by atoms with Gasteiger partial charge >= 0.3 is 0 Å². The van der Waals surface area contributed by atoms with Gasteiger partial charge < -0.3 is 9.32 Å². The van der Waals surface area contributed by atoms with Crippen LogP contribution in [-0.2, 0) is 4.79 Å². The highest BCUT2D eigenvalue weighted by Gasteiger charge is 2.30. The summed E-state index contributed by atoms with van der Waals surface area (Å²) in [5.41, 5.74) is 10.9. The van der Waals surface area contributed by atoms with Crippen LogP contribution in [0.25, 0.3) is 32.4 Å². The van der Waals surface area contributed by atoms with E-state index >= 15 is 0 Å². The predicted molar refractivity (Wildman–Crippen MR) is 88.2 cm³/mol. The third kappa shape index (κ3) is 2.29. The molecule has 1 saturated heterocycles. The fourth-order valence-corrected chi connectivity index (χ4v) is 3.19. The van der Waals surface area contributed by atoms with E-state index in [1.165, 1.54) is 0 Å². The van der Waals surface area contributed by atoms with E-state index < -0.39 is 0 Å². The Kier molecular flexibility index (Phi) is 3.17. The summed E-state index contributed by atoms with van der Waals surface area (Å²) in [4.78, 5) is 16.8. The Morgan fingerprint density at radius 3 is 2.91 bits per heavy atom. The van der Waals surface area contributed by atoms with E-state index in [1.54, 1.807) is 4.90 Å². The summed E-state index contributed by atoms with van der Waals surface area (Å²) in [6.45, 7) is 0.939. The Morgan fingerprint density at radius 2 is 2.04 bits per heavy atom. The standard InChI is InChI=1S/C17H14N4O2/c18-20-19-9-11-7-17(22)21(10-11)12-5-6-16-14(8-12)13-3-1-2-4-15(13)23-16/h1-6,8,11H,7,9-10H2. The topological polar surface area (TPSA) is 82.2 Å². The zero-order valence-electron chi connectivity index (χ0n) is 12.3. The van der Waals surface area contributed by atoms with E-state index in [-0.39, 0.29) is 11.8 Å². The van der Waals surface area contributed by atoms with Gasteiger partial charge in [-0.2, -0.15) is 0 Å². The van der Waals surface area contributed by atoms with Crippen LogP contribution in [0.1, 0.15) is 6.42 Å². The monoisotopic (exact) mass is 306 g/mol. The molecule has 23 heavy (non-hydrogen) atoms. The summed E-state index contributed by atoms with van der Waals surface area (Å²) < 4.78 is 5.81. The summed E-state index contributed by atoms with van der Waals surface area (Å²) in [7, 11) is 0. The quantitative estimate of drug-likeness (QED) is 0.411. The number of amides is 1. The average molecular weight is 306 g/mol. The fourth-order valence-electron chi connectivity index (χ4n) is 3.19. The highest BCUT2D eigenvalue weighted by atomic mass is 16.3. The molecule has 1 atom stereocenters. The molecular formula is C17H14N4O2. The lowest BCUT2D eigenvalue weighted by atomic mass is 10.1. The molecule has 1 fully saturated rings. The summed E-state index contributed by atoms with van der Waals surface area (Å²) in [6.07, 6.45) is 0.420. The molecule has 4 rings (SSSR count). The van der Waals surface area contributed by atoms with Crippen LogP contribution in [-0.4, -0.2) is 19.0 Å². The maximum atomic E-state index is 12.3. The molecule has 6 heteroatoms. The largest absolute Gasteiger partial charge is 0.456 e. The minimum atomic E-state index is 0.0651. The fraction of sp³-hybridized carbons (Fsp3) is 0.235. The summed E-state index contributed by atoms with van der Waals surface area (Å²) in [5, 5.41) is 5.63. The normalized spacial score (nSPS) is 17.8. The average Bonchev–Trinajstić information content (AvgIpc) is 3.12. The molecule has 1 unspecified atom stereocenters. The van der Waals surface area contributed by atoms with Crippen LogP contribution >= 0.6 is 0 Å². The van der Waals surface area contributed by atoms with Crippen LogP contribution in [0.5, 0.6) is 0 Å². The number of benzene rings is 2. The van der Waals surface area contributed by atoms with Crippen LogP contribution in [0.15, 0.2) is 52.0 Å². The second kappa shape index (κ2) is 5.34. The number of nitrogens with zero attached hydrogens (tertiary/aromatic N) is 4. The number of anilines is 1. The number of furan rings is 1. The van der Waals surface area contributed by atoms with Gasteiger partial charge in [0, 0.05) is 40.9 Å². The van der Waals surface area contributed by atoms with E-state index in [2.05, 4.69) is 10.0 Å². The molecule has 0 spiro atoms. The van der Waals surface area contributed by atoms with Crippen LogP contribution in [0.3, 0.4) is 0 Å². The summed E-state index contributed by atoms with van der Waals surface area (Å²) >= 11 is 0. The Bertz CT molecular complexity index is 956. The Hall–Kier alpha value is -2.98. The highest BCUT2D eigenvalue weighted by Crippen LogP contribution is 2.33. The van der Waals surface area contributed by atoms with E-state index in [0.717, 1.165) is 27.6 Å². The number of para-hydroxylation sites is 1. The number of azide groups is 1. The predicted octanol–water partition coefficient (Wildman–Crippen LogP) is 4.25. The lowest BCUT2D eigenvalue weighted by Crippen LogP contribution is -2.24. The molecule has 1 aliphatic rings. The van der Waals surface area contributed by atoms with Crippen LogP contribution in [0, 0.1) is 5.92 Å². The second-order valence-corrected chi connectivity index (χ2v) is 5.77. The SMILES string of the molecule is [N-]=[N+]=NCC1CC(=O)N(c2ccc3oc4ccccc4c3c2)C1. The van der Waals surface area contributed by atoms with Gasteiger partial charge in [-0.1, -0.05) is 23.3 Å². The van der Waals surface area contributed by atoms with Gasteiger partial charge in [0.25, 0.3) is 0 Å². The van der Waals surface area contributed by atoms with Gasteiger partial charge in [-0.15, -0.1) is 0 Å². The van der Waals surface area contributed by atoms with Gasteiger partial charge in [0.15, 0.2) is 0 Å². The Labute approximate surface area is 131 Å². The van der Waals surface area contributed by atoms with Gasteiger partial charge in [-0.3, -0.25) is 4.79 Å². The van der Waals surface area contributed by atoms with Crippen molar-refractivity contribution >= 4 is 33.5 Å². The first-order valence-electron chi connectivity index (χ1n) is 7.49. The van der Waals surface area contributed by atoms with Gasteiger partial charge in [0.1, 0.15) is 11.2 Å². The lowest BCUT2D eigenvalue weighted by molar-refractivity contribution is -0.117. The van der Waals surface area contributed by atoms with Gasteiger partial charge in [-0.25, -0.2) is 0 Å². The van der Waals surface area contributed by atoms with Crippen LogP contribution in [0.2, 0.25) is 0 Å². The number of fused-ring (bicyclic) bond motifs is 3. The van der Waals surface area contributed by atoms with E-state index in [0.29, 0.717) is 19.5 Å². The first-order valence-corrected chi connectivity index (χ1v) is 7.49. The minimum absolute atomic E-state index is 0.0651. The van der Waals surface area contributed by atoms with E-state index in [4.69, 9.17) is 9.95 Å². The van der Waals surface area contributed by atoms with Gasteiger partial charge in [0.2, 0.25) is 5.91 Å². The molecule has 1 amide bonds. The Morgan fingerprint density at radius 1 is 1.22 bits per heavy atom. The van der Waals surface area contributed by atoms with Crippen molar-refractivity contribution in [3.8, 4) is 0 Å². The van der Waals surface area contributed by atoms with Gasteiger partial charge in [-0.05, 0) is 35.7 Å². The second-order valence-electron chi connectivity index (χ2n) is 5.77. The summed E-state index contributed by atoms with van der Waals surface area (Å²) in [6, 6.07) is 13.7. The third-order valence-corrected chi connectivity index (χ3v) is 4.28. The van der Waals surface area contributed by atoms with Gasteiger partial charge in [0.05, 0.1) is 0 Å². The smallest absolute Gasteiger partial charge is 0.227 e. The van der Waals surface area contributed by atoms with Crippen molar-refractivity contribution in [1.82, 2.24) is 0 Å². The number of hydrogen-bond acceptors (Lipinski definition) is 3. The zero-order valence-corrected chi connectivity index (χ0v) is 12.3. The molecule has 114 valence electrons. The van der Waals surface area contributed by atoms with E-state index in [1.807, 2.05) is 42.5 Å². The number of rotatable bonds is 3. The first kappa shape index (κ1) is 13.7. The van der Waals surface area contributed by atoms with Crippen LogP contribution in [0.4, 0.5) is 5.69 Å². The Balaban J connectivity index is 1.73. The third-order valence-electron chi connectivity index (χ3n) is 4.28. The van der Waals surface area contributed by atoms with Crippen molar-refractivity contribution in [2.75, 3.05) is 18.0 Å². The zero-order chi connectivity index (χ0) is 15.8. The maximum Gasteiger partial charge on any atom is 0.227 e. The van der Waals surface area contributed by atoms with Crippen molar-refractivity contribution < 1.29 is 9.21 Å².